The highest BCUT2D eigenvalue weighted by molar-refractivity contribution is 7.16. The summed E-state index contributed by atoms with van der Waals surface area (Å²) in [5.74, 6) is 0.249. The molecule has 0 radical (unpaired) electrons. The second-order valence-corrected chi connectivity index (χ2v) is 7.12. The highest BCUT2D eigenvalue weighted by atomic mass is 35.5. The van der Waals surface area contributed by atoms with Crippen molar-refractivity contribution < 1.29 is 4.79 Å². The number of halogens is 1. The van der Waals surface area contributed by atoms with Crippen LogP contribution in [0.2, 0.25) is 4.34 Å². The lowest BCUT2D eigenvalue weighted by Gasteiger charge is -2.35. The van der Waals surface area contributed by atoms with Crippen LogP contribution < -0.4 is 0 Å². The van der Waals surface area contributed by atoms with Crippen LogP contribution in [-0.2, 0) is 11.3 Å². The fourth-order valence-electron chi connectivity index (χ4n) is 2.63. The van der Waals surface area contributed by atoms with Crippen molar-refractivity contribution in [1.29, 1.82) is 0 Å². The standard InChI is InChI=1S/C15H24ClN3OS/c1-3-19(4-2)15(20)12-18-9-7-17(8-10-18)11-13-5-6-14(16)21-13/h5-6H,3-4,7-12H2,1-2H3. The lowest BCUT2D eigenvalue weighted by molar-refractivity contribution is -0.132. The number of hydrogen-bond acceptors (Lipinski definition) is 4. The van der Waals surface area contributed by atoms with Gasteiger partial charge < -0.3 is 4.90 Å². The first-order chi connectivity index (χ1) is 10.1. The maximum Gasteiger partial charge on any atom is 0.236 e. The van der Waals surface area contributed by atoms with Gasteiger partial charge in [0.15, 0.2) is 0 Å². The minimum Gasteiger partial charge on any atom is -0.342 e. The third-order valence-corrected chi connectivity index (χ3v) is 5.16. The molecule has 1 fully saturated rings. The summed E-state index contributed by atoms with van der Waals surface area (Å²) in [6, 6.07) is 4.06. The van der Waals surface area contributed by atoms with Gasteiger partial charge in [0, 0.05) is 50.7 Å². The summed E-state index contributed by atoms with van der Waals surface area (Å²) in [4.78, 5) is 20.0. The van der Waals surface area contributed by atoms with E-state index in [4.69, 9.17) is 11.6 Å². The molecule has 0 spiro atoms. The van der Waals surface area contributed by atoms with Crippen LogP contribution >= 0.6 is 22.9 Å². The van der Waals surface area contributed by atoms with E-state index in [1.165, 1.54) is 4.88 Å². The molecule has 1 aromatic heterocycles. The van der Waals surface area contributed by atoms with E-state index in [0.717, 1.165) is 50.1 Å². The van der Waals surface area contributed by atoms with Gasteiger partial charge in [-0.3, -0.25) is 14.6 Å². The van der Waals surface area contributed by atoms with Crippen molar-refractivity contribution in [1.82, 2.24) is 14.7 Å². The Labute approximate surface area is 136 Å². The number of thiophene rings is 1. The Hall–Kier alpha value is -0.620. The molecular formula is C15H24ClN3OS. The van der Waals surface area contributed by atoms with Gasteiger partial charge in [0.25, 0.3) is 0 Å². The molecule has 2 rings (SSSR count). The third-order valence-electron chi connectivity index (χ3n) is 3.95. The number of piperazine rings is 1. The van der Waals surface area contributed by atoms with Gasteiger partial charge in [-0.15, -0.1) is 11.3 Å². The van der Waals surface area contributed by atoms with Gasteiger partial charge in [-0.25, -0.2) is 0 Å². The first kappa shape index (κ1) is 16.7. The number of nitrogens with zero attached hydrogens (tertiary/aromatic N) is 3. The maximum atomic E-state index is 12.1. The van der Waals surface area contributed by atoms with E-state index in [0.29, 0.717) is 6.54 Å². The second kappa shape index (κ2) is 8.13. The summed E-state index contributed by atoms with van der Waals surface area (Å²) < 4.78 is 0.855. The van der Waals surface area contributed by atoms with E-state index in [1.54, 1.807) is 11.3 Å². The minimum absolute atomic E-state index is 0.249. The molecule has 0 aliphatic carbocycles. The molecule has 0 bridgehead atoms. The number of amides is 1. The highest BCUT2D eigenvalue weighted by Crippen LogP contribution is 2.23. The average molecular weight is 330 g/mol. The summed E-state index contributed by atoms with van der Waals surface area (Å²) in [6.07, 6.45) is 0. The number of rotatable bonds is 6. The van der Waals surface area contributed by atoms with Gasteiger partial charge in [0.2, 0.25) is 5.91 Å². The first-order valence-corrected chi connectivity index (χ1v) is 8.78. The van der Waals surface area contributed by atoms with E-state index in [1.807, 2.05) is 24.8 Å². The van der Waals surface area contributed by atoms with Crippen molar-refractivity contribution in [2.45, 2.75) is 20.4 Å². The molecule has 1 amide bonds. The lowest BCUT2D eigenvalue weighted by atomic mass is 10.3. The van der Waals surface area contributed by atoms with Gasteiger partial charge in [-0.05, 0) is 26.0 Å². The average Bonchev–Trinajstić information content (AvgIpc) is 2.88. The van der Waals surface area contributed by atoms with Crippen LogP contribution in [-0.4, -0.2) is 66.4 Å². The van der Waals surface area contributed by atoms with Crippen molar-refractivity contribution in [3.63, 3.8) is 0 Å². The van der Waals surface area contributed by atoms with E-state index in [-0.39, 0.29) is 5.91 Å². The van der Waals surface area contributed by atoms with E-state index in [2.05, 4.69) is 15.9 Å². The minimum atomic E-state index is 0.249. The number of carbonyl (C=O) groups excluding carboxylic acids is 1. The Kier molecular flexibility index (Phi) is 6.48. The predicted octanol–water partition coefficient (Wildman–Crippen LogP) is 2.39. The Bertz CT molecular complexity index is 454. The molecule has 0 saturated carbocycles. The van der Waals surface area contributed by atoms with Crippen LogP contribution in [0.1, 0.15) is 18.7 Å². The molecule has 0 unspecified atom stereocenters. The smallest absolute Gasteiger partial charge is 0.236 e. The lowest BCUT2D eigenvalue weighted by Crippen LogP contribution is -2.49. The highest BCUT2D eigenvalue weighted by Gasteiger charge is 2.21. The molecule has 21 heavy (non-hydrogen) atoms. The van der Waals surface area contributed by atoms with E-state index < -0.39 is 0 Å². The van der Waals surface area contributed by atoms with Crippen molar-refractivity contribution in [2.24, 2.45) is 0 Å². The third kappa shape index (κ3) is 4.95. The predicted molar refractivity (Wildman–Crippen MR) is 89.0 cm³/mol. The van der Waals surface area contributed by atoms with Gasteiger partial charge >= 0.3 is 0 Å². The van der Waals surface area contributed by atoms with Crippen LogP contribution in [0.4, 0.5) is 0 Å². The van der Waals surface area contributed by atoms with E-state index in [9.17, 15) is 4.79 Å². The van der Waals surface area contributed by atoms with Crippen LogP contribution in [0.3, 0.4) is 0 Å². The molecule has 0 N–H and O–H groups in total. The summed E-state index contributed by atoms with van der Waals surface area (Å²) in [5, 5.41) is 0. The van der Waals surface area contributed by atoms with Crippen LogP contribution in [0.25, 0.3) is 0 Å². The normalized spacial score (nSPS) is 17.1. The van der Waals surface area contributed by atoms with Gasteiger partial charge in [0.05, 0.1) is 10.9 Å². The molecule has 6 heteroatoms. The molecule has 1 aromatic rings. The fraction of sp³-hybridized carbons (Fsp3) is 0.667. The monoisotopic (exact) mass is 329 g/mol. The van der Waals surface area contributed by atoms with Crippen molar-refractivity contribution in [2.75, 3.05) is 45.8 Å². The summed E-state index contributed by atoms with van der Waals surface area (Å²) in [7, 11) is 0. The molecule has 118 valence electrons. The SMILES string of the molecule is CCN(CC)C(=O)CN1CCN(Cc2ccc(Cl)s2)CC1. The zero-order chi connectivity index (χ0) is 15.2. The zero-order valence-corrected chi connectivity index (χ0v) is 14.4. The first-order valence-electron chi connectivity index (χ1n) is 7.59. The van der Waals surface area contributed by atoms with Crippen LogP contribution in [0, 0.1) is 0 Å². The van der Waals surface area contributed by atoms with Gasteiger partial charge in [-0.2, -0.15) is 0 Å². The number of carbonyl (C=O) groups is 1. The number of likely N-dealkylation sites (N-methyl/N-ethyl adjacent to an activating group) is 1. The van der Waals surface area contributed by atoms with Gasteiger partial charge in [-0.1, -0.05) is 11.6 Å². The molecule has 2 heterocycles. The van der Waals surface area contributed by atoms with Crippen molar-refractivity contribution in [3.8, 4) is 0 Å². The quantitative estimate of drug-likeness (QED) is 0.801. The maximum absolute atomic E-state index is 12.1. The van der Waals surface area contributed by atoms with Crippen LogP contribution in [0.5, 0.6) is 0 Å². The fourth-order valence-corrected chi connectivity index (χ4v) is 3.76. The van der Waals surface area contributed by atoms with Crippen molar-refractivity contribution in [3.05, 3.63) is 21.3 Å². The van der Waals surface area contributed by atoms with Gasteiger partial charge in [0.1, 0.15) is 0 Å². The Morgan fingerprint density at radius 3 is 2.33 bits per heavy atom. The van der Waals surface area contributed by atoms with Crippen LogP contribution in [0.15, 0.2) is 12.1 Å². The Morgan fingerprint density at radius 2 is 1.81 bits per heavy atom. The largest absolute Gasteiger partial charge is 0.342 e. The topological polar surface area (TPSA) is 26.8 Å². The number of hydrogen-bond donors (Lipinski definition) is 0. The summed E-state index contributed by atoms with van der Waals surface area (Å²) >= 11 is 7.62. The zero-order valence-electron chi connectivity index (χ0n) is 12.8. The summed E-state index contributed by atoms with van der Waals surface area (Å²) in [5.41, 5.74) is 0. The summed E-state index contributed by atoms with van der Waals surface area (Å²) in [6.45, 7) is 11.1. The molecule has 0 atom stereocenters. The Balaban J connectivity index is 1.74. The molecule has 1 saturated heterocycles. The molecule has 1 aliphatic heterocycles. The molecule has 1 aliphatic rings. The van der Waals surface area contributed by atoms with E-state index >= 15 is 0 Å². The molecule has 4 nitrogen and oxygen atoms in total. The molecular weight excluding hydrogens is 306 g/mol. The Morgan fingerprint density at radius 1 is 1.19 bits per heavy atom. The second-order valence-electron chi connectivity index (χ2n) is 5.32. The van der Waals surface area contributed by atoms with Crippen molar-refractivity contribution >= 4 is 28.8 Å². The molecule has 0 aromatic carbocycles.